The first-order valence-electron chi connectivity index (χ1n) is 4.03. The molecule has 12 heavy (non-hydrogen) atoms. The van der Waals surface area contributed by atoms with E-state index in [0.717, 1.165) is 0 Å². The number of carboxylic acids is 1. The molecule has 0 amide bonds. The maximum atomic E-state index is 10.5. The van der Waals surface area contributed by atoms with Crippen LogP contribution in [0, 0.1) is 5.92 Å². The molecule has 4 nitrogen and oxygen atoms in total. The first-order chi connectivity index (χ1) is 5.49. The van der Waals surface area contributed by atoms with E-state index in [1.54, 1.807) is 14.0 Å². The Kier molecular flexibility index (Phi) is 4.85. The van der Waals surface area contributed by atoms with Gasteiger partial charge < -0.3 is 15.1 Å². The molecule has 0 aliphatic heterocycles. The van der Waals surface area contributed by atoms with Crippen LogP contribution in [0.15, 0.2) is 0 Å². The number of hydrogen-bond donors (Lipinski definition) is 2. The van der Waals surface area contributed by atoms with Crippen molar-refractivity contribution < 1.29 is 15.0 Å². The van der Waals surface area contributed by atoms with Crippen molar-refractivity contribution in [2.45, 2.75) is 19.9 Å². The van der Waals surface area contributed by atoms with Gasteiger partial charge in [0.1, 0.15) is 0 Å². The molecule has 0 radical (unpaired) electrons. The number of aliphatic hydroxyl groups excluding tert-OH is 1. The second-order valence-electron chi connectivity index (χ2n) is 3.21. The van der Waals surface area contributed by atoms with Crippen LogP contribution in [-0.4, -0.2) is 47.3 Å². The Hall–Kier alpha value is -0.610. The predicted octanol–water partition coefficient (Wildman–Crippen LogP) is 0.0197. The molecule has 2 atom stereocenters. The molecule has 0 heterocycles. The van der Waals surface area contributed by atoms with Gasteiger partial charge in [-0.1, -0.05) is 6.92 Å². The van der Waals surface area contributed by atoms with Crippen molar-refractivity contribution in [1.82, 2.24) is 4.90 Å². The van der Waals surface area contributed by atoms with E-state index in [4.69, 9.17) is 10.2 Å². The van der Waals surface area contributed by atoms with Crippen LogP contribution in [0.2, 0.25) is 0 Å². The van der Waals surface area contributed by atoms with Gasteiger partial charge in [0.05, 0.1) is 12.5 Å². The molecule has 0 saturated carbocycles. The highest BCUT2D eigenvalue weighted by Gasteiger charge is 2.16. The minimum Gasteiger partial charge on any atom is -0.481 e. The Morgan fingerprint density at radius 2 is 2.00 bits per heavy atom. The molecule has 0 bridgehead atoms. The third kappa shape index (κ3) is 3.69. The van der Waals surface area contributed by atoms with Gasteiger partial charge in [-0.2, -0.15) is 0 Å². The number of carboxylic acid groups (broad SMARTS) is 1. The summed E-state index contributed by atoms with van der Waals surface area (Å²) in [5, 5.41) is 17.4. The molecule has 0 aliphatic carbocycles. The van der Waals surface area contributed by atoms with Gasteiger partial charge in [0, 0.05) is 12.6 Å². The number of nitrogens with zero attached hydrogens (tertiary/aromatic N) is 1. The Morgan fingerprint density at radius 3 is 2.33 bits per heavy atom. The zero-order valence-corrected chi connectivity index (χ0v) is 7.82. The third-order valence-corrected chi connectivity index (χ3v) is 2.00. The maximum Gasteiger partial charge on any atom is 0.307 e. The normalized spacial score (nSPS) is 16.1. The standard InChI is InChI=1S/C8H17NO3/c1-6(8(11)12)4-9(3)7(2)5-10/h6-7,10H,4-5H2,1-3H3,(H,11,12). The first kappa shape index (κ1) is 11.4. The van der Waals surface area contributed by atoms with Crippen molar-refractivity contribution in [2.24, 2.45) is 5.92 Å². The zero-order valence-electron chi connectivity index (χ0n) is 7.82. The van der Waals surface area contributed by atoms with E-state index in [-0.39, 0.29) is 18.6 Å². The summed E-state index contributed by atoms with van der Waals surface area (Å²) >= 11 is 0. The van der Waals surface area contributed by atoms with E-state index in [9.17, 15) is 4.79 Å². The summed E-state index contributed by atoms with van der Waals surface area (Å²) < 4.78 is 0. The van der Waals surface area contributed by atoms with Gasteiger partial charge in [0.25, 0.3) is 0 Å². The predicted molar refractivity (Wildman–Crippen MR) is 46.0 cm³/mol. The fourth-order valence-corrected chi connectivity index (χ4v) is 0.829. The van der Waals surface area contributed by atoms with Crippen molar-refractivity contribution >= 4 is 5.97 Å². The number of aliphatic carboxylic acids is 1. The number of aliphatic hydroxyl groups is 1. The molecule has 0 aromatic heterocycles. The Morgan fingerprint density at radius 1 is 1.50 bits per heavy atom. The van der Waals surface area contributed by atoms with Gasteiger partial charge in [-0.25, -0.2) is 0 Å². The third-order valence-electron chi connectivity index (χ3n) is 2.00. The fourth-order valence-electron chi connectivity index (χ4n) is 0.829. The highest BCUT2D eigenvalue weighted by Crippen LogP contribution is 2.01. The van der Waals surface area contributed by atoms with Gasteiger partial charge in [0.15, 0.2) is 0 Å². The Balaban J connectivity index is 3.83. The summed E-state index contributed by atoms with van der Waals surface area (Å²) in [6, 6.07) is 0.0202. The van der Waals surface area contributed by atoms with E-state index < -0.39 is 5.97 Å². The summed E-state index contributed by atoms with van der Waals surface area (Å²) in [5.74, 6) is -1.18. The largest absolute Gasteiger partial charge is 0.481 e. The van der Waals surface area contributed by atoms with E-state index in [2.05, 4.69) is 0 Å². The summed E-state index contributed by atoms with van der Waals surface area (Å²) in [4.78, 5) is 12.3. The van der Waals surface area contributed by atoms with Gasteiger partial charge in [-0.15, -0.1) is 0 Å². The van der Waals surface area contributed by atoms with Crippen molar-refractivity contribution in [2.75, 3.05) is 20.2 Å². The minimum absolute atomic E-state index is 0.0202. The lowest BCUT2D eigenvalue weighted by atomic mass is 10.1. The van der Waals surface area contributed by atoms with E-state index in [0.29, 0.717) is 6.54 Å². The maximum absolute atomic E-state index is 10.5. The minimum atomic E-state index is -0.799. The molecule has 4 heteroatoms. The van der Waals surface area contributed by atoms with Crippen molar-refractivity contribution in [1.29, 1.82) is 0 Å². The molecule has 0 rings (SSSR count). The Bertz CT molecular complexity index is 149. The number of hydrogen-bond acceptors (Lipinski definition) is 3. The van der Waals surface area contributed by atoms with E-state index >= 15 is 0 Å². The van der Waals surface area contributed by atoms with Crippen LogP contribution >= 0.6 is 0 Å². The van der Waals surface area contributed by atoms with Gasteiger partial charge in [-0.3, -0.25) is 4.79 Å². The average molecular weight is 175 g/mol. The number of likely N-dealkylation sites (N-methyl/N-ethyl adjacent to an activating group) is 1. The molecular weight excluding hydrogens is 158 g/mol. The second-order valence-corrected chi connectivity index (χ2v) is 3.21. The molecule has 2 unspecified atom stereocenters. The molecule has 0 saturated heterocycles. The molecule has 0 aliphatic rings. The van der Waals surface area contributed by atoms with Crippen LogP contribution in [0.4, 0.5) is 0 Å². The topological polar surface area (TPSA) is 60.8 Å². The lowest BCUT2D eigenvalue weighted by Crippen LogP contribution is -2.37. The van der Waals surface area contributed by atoms with Crippen LogP contribution < -0.4 is 0 Å². The van der Waals surface area contributed by atoms with Gasteiger partial charge in [0.2, 0.25) is 0 Å². The quantitative estimate of drug-likeness (QED) is 0.618. The summed E-state index contributed by atoms with van der Waals surface area (Å²) in [5.41, 5.74) is 0. The molecule has 72 valence electrons. The second kappa shape index (κ2) is 5.11. The van der Waals surface area contributed by atoms with E-state index in [1.807, 2.05) is 11.8 Å². The van der Waals surface area contributed by atoms with Crippen LogP contribution in [0.25, 0.3) is 0 Å². The molecule has 0 fully saturated rings. The summed E-state index contributed by atoms with van der Waals surface area (Å²) in [6.45, 7) is 4.04. The average Bonchev–Trinajstić information content (AvgIpc) is 2.02. The highest BCUT2D eigenvalue weighted by atomic mass is 16.4. The highest BCUT2D eigenvalue weighted by molar-refractivity contribution is 5.69. The monoisotopic (exact) mass is 175 g/mol. The lowest BCUT2D eigenvalue weighted by molar-refractivity contribution is -0.141. The van der Waals surface area contributed by atoms with Gasteiger partial charge >= 0.3 is 5.97 Å². The number of carbonyl (C=O) groups is 1. The molecule has 0 aromatic rings. The fraction of sp³-hybridized carbons (Fsp3) is 0.875. The Labute approximate surface area is 72.8 Å². The van der Waals surface area contributed by atoms with Gasteiger partial charge in [-0.05, 0) is 14.0 Å². The van der Waals surface area contributed by atoms with Crippen LogP contribution in [0.3, 0.4) is 0 Å². The number of rotatable bonds is 5. The summed E-state index contributed by atoms with van der Waals surface area (Å²) in [6.07, 6.45) is 0. The van der Waals surface area contributed by atoms with Crippen molar-refractivity contribution in [3.8, 4) is 0 Å². The van der Waals surface area contributed by atoms with Crippen LogP contribution in [-0.2, 0) is 4.79 Å². The van der Waals surface area contributed by atoms with Crippen molar-refractivity contribution in [3.63, 3.8) is 0 Å². The lowest BCUT2D eigenvalue weighted by Gasteiger charge is -2.24. The molecule has 0 spiro atoms. The molecule has 0 aromatic carbocycles. The first-order valence-corrected chi connectivity index (χ1v) is 4.03. The summed E-state index contributed by atoms with van der Waals surface area (Å²) in [7, 11) is 1.81. The van der Waals surface area contributed by atoms with Crippen molar-refractivity contribution in [3.05, 3.63) is 0 Å². The SMILES string of the molecule is CC(CN(C)C(C)CO)C(=O)O. The zero-order chi connectivity index (χ0) is 9.72. The van der Waals surface area contributed by atoms with Crippen LogP contribution in [0.1, 0.15) is 13.8 Å². The smallest absolute Gasteiger partial charge is 0.307 e. The molecular formula is C8H17NO3. The van der Waals surface area contributed by atoms with Crippen LogP contribution in [0.5, 0.6) is 0 Å². The molecule has 2 N–H and O–H groups in total. The van der Waals surface area contributed by atoms with E-state index in [1.165, 1.54) is 0 Å².